The van der Waals surface area contributed by atoms with Crippen LogP contribution < -0.4 is 9.47 Å². The molecule has 3 amide bonds. The van der Waals surface area contributed by atoms with E-state index in [1.54, 1.807) is 35.2 Å². The minimum absolute atomic E-state index is 0.202. The molecule has 0 aliphatic carbocycles. The average molecular weight is 628 g/mol. The average Bonchev–Trinajstić information content (AvgIpc) is 3.14. The van der Waals surface area contributed by atoms with E-state index in [0.29, 0.717) is 51.3 Å². The molecule has 0 atom stereocenters. The molecule has 4 rings (SSSR count). The lowest BCUT2D eigenvalue weighted by atomic mass is 10.1. The Kier molecular flexibility index (Phi) is 9.45. The number of halogens is 3. The molecule has 0 bridgehead atoms. The fraction of sp³-hybridized carbons (Fsp3) is 0.346. The summed E-state index contributed by atoms with van der Waals surface area (Å²) in [5.41, 5.74) is 1.48. The summed E-state index contributed by atoms with van der Waals surface area (Å²) >= 11 is 16.4. The van der Waals surface area contributed by atoms with Crippen LogP contribution in [-0.4, -0.2) is 53.1 Å². The van der Waals surface area contributed by atoms with Crippen LogP contribution in [0.1, 0.15) is 37.3 Å². The number of ether oxygens (including phenoxy) is 2. The summed E-state index contributed by atoms with van der Waals surface area (Å²) in [5, 5.41) is 0.452. The molecule has 2 aromatic rings. The molecule has 0 spiro atoms. The minimum Gasteiger partial charge on any atom is -0.490 e. The molecule has 11 heteroatoms. The standard InChI is InChI=1S/C26H25BrCl2N2O5S/c1-2-35-21-11-17(18(27)13-22(21)36-15-16-6-7-19(28)20(29)10-16)12-23-25(33)31(26(34)37-23)14-24(32)30-8-4-3-5-9-30/h6-7,10-13H,2-5,8-9,14-15H2,1H3/b23-12-. The summed E-state index contributed by atoms with van der Waals surface area (Å²) in [6.07, 6.45) is 4.59. The van der Waals surface area contributed by atoms with E-state index in [1.165, 1.54) is 0 Å². The number of benzene rings is 2. The van der Waals surface area contributed by atoms with Gasteiger partial charge >= 0.3 is 0 Å². The van der Waals surface area contributed by atoms with Crippen LogP contribution in [0.2, 0.25) is 10.0 Å². The molecule has 37 heavy (non-hydrogen) atoms. The maximum Gasteiger partial charge on any atom is 0.294 e. The van der Waals surface area contributed by atoms with Crippen LogP contribution in [0.3, 0.4) is 0 Å². The molecular weight excluding hydrogens is 603 g/mol. The number of rotatable bonds is 8. The minimum atomic E-state index is -0.481. The normalized spacial score (nSPS) is 17.0. The molecule has 2 saturated heterocycles. The van der Waals surface area contributed by atoms with Crippen molar-refractivity contribution in [2.75, 3.05) is 26.2 Å². The predicted molar refractivity (Wildman–Crippen MR) is 149 cm³/mol. The first-order valence-corrected chi connectivity index (χ1v) is 14.2. The van der Waals surface area contributed by atoms with Crippen molar-refractivity contribution in [3.8, 4) is 11.5 Å². The zero-order chi connectivity index (χ0) is 26.5. The van der Waals surface area contributed by atoms with Gasteiger partial charge in [0.1, 0.15) is 13.2 Å². The van der Waals surface area contributed by atoms with E-state index in [9.17, 15) is 14.4 Å². The number of likely N-dealkylation sites (tertiary alicyclic amines) is 1. The third kappa shape index (κ3) is 6.82. The molecule has 0 aromatic heterocycles. The zero-order valence-corrected chi connectivity index (χ0v) is 24.0. The summed E-state index contributed by atoms with van der Waals surface area (Å²) in [6.45, 7) is 3.59. The van der Waals surface area contributed by atoms with E-state index < -0.39 is 11.1 Å². The second-order valence-corrected chi connectivity index (χ2v) is 11.2. The molecule has 0 radical (unpaired) electrons. The number of hydrogen-bond donors (Lipinski definition) is 0. The largest absolute Gasteiger partial charge is 0.490 e. The number of nitrogens with zero attached hydrogens (tertiary/aromatic N) is 2. The van der Waals surface area contributed by atoms with Crippen LogP contribution >= 0.6 is 50.9 Å². The van der Waals surface area contributed by atoms with Crippen molar-refractivity contribution in [1.82, 2.24) is 9.80 Å². The van der Waals surface area contributed by atoms with E-state index in [-0.39, 0.29) is 24.0 Å². The molecule has 2 heterocycles. The van der Waals surface area contributed by atoms with Crippen LogP contribution in [0, 0.1) is 0 Å². The van der Waals surface area contributed by atoms with Gasteiger partial charge in [-0.05, 0) is 79.4 Å². The highest BCUT2D eigenvalue weighted by atomic mass is 79.9. The second-order valence-electron chi connectivity index (χ2n) is 8.50. The predicted octanol–water partition coefficient (Wildman–Crippen LogP) is 6.78. The van der Waals surface area contributed by atoms with Gasteiger partial charge < -0.3 is 14.4 Å². The molecule has 2 aliphatic rings. The summed E-state index contributed by atoms with van der Waals surface area (Å²) in [5.74, 6) is 0.297. The van der Waals surface area contributed by atoms with Gasteiger partial charge in [-0.1, -0.05) is 45.2 Å². The van der Waals surface area contributed by atoms with Crippen LogP contribution in [0.25, 0.3) is 6.08 Å². The molecule has 0 N–H and O–H groups in total. The zero-order valence-electron chi connectivity index (χ0n) is 20.1. The van der Waals surface area contributed by atoms with Gasteiger partial charge in [-0.3, -0.25) is 19.3 Å². The van der Waals surface area contributed by atoms with Crippen LogP contribution in [-0.2, 0) is 16.2 Å². The highest BCUT2D eigenvalue weighted by Crippen LogP contribution is 2.38. The van der Waals surface area contributed by atoms with E-state index >= 15 is 0 Å². The monoisotopic (exact) mass is 626 g/mol. The smallest absolute Gasteiger partial charge is 0.294 e. The molecule has 2 aliphatic heterocycles. The number of thioether (sulfide) groups is 1. The van der Waals surface area contributed by atoms with Crippen molar-refractivity contribution >= 4 is 74.0 Å². The number of hydrogen-bond acceptors (Lipinski definition) is 6. The number of piperidine rings is 1. The summed E-state index contributed by atoms with van der Waals surface area (Å²) in [6, 6.07) is 8.76. The first kappa shape index (κ1) is 27.8. The Hall–Kier alpha value is -2.20. The van der Waals surface area contributed by atoms with Crippen LogP contribution in [0.15, 0.2) is 39.7 Å². The summed E-state index contributed by atoms with van der Waals surface area (Å²) in [7, 11) is 0. The van der Waals surface area contributed by atoms with Crippen molar-refractivity contribution < 1.29 is 23.9 Å². The maximum absolute atomic E-state index is 13.0. The van der Waals surface area contributed by atoms with Gasteiger partial charge in [0, 0.05) is 17.6 Å². The Balaban J connectivity index is 1.50. The number of carbonyl (C=O) groups excluding carboxylic acids is 3. The molecule has 0 saturated carbocycles. The molecule has 2 fully saturated rings. The Labute approximate surface area is 238 Å². The molecular formula is C26H25BrCl2N2O5S. The molecule has 7 nitrogen and oxygen atoms in total. The van der Waals surface area contributed by atoms with Crippen LogP contribution in [0.5, 0.6) is 11.5 Å². The number of carbonyl (C=O) groups is 3. The van der Waals surface area contributed by atoms with Crippen molar-refractivity contribution in [1.29, 1.82) is 0 Å². The van der Waals surface area contributed by atoms with Crippen molar-refractivity contribution in [2.24, 2.45) is 0 Å². The van der Waals surface area contributed by atoms with E-state index in [2.05, 4.69) is 15.9 Å². The van der Waals surface area contributed by atoms with Gasteiger partial charge in [-0.15, -0.1) is 0 Å². The van der Waals surface area contributed by atoms with Crippen LogP contribution in [0.4, 0.5) is 4.79 Å². The fourth-order valence-corrected chi connectivity index (χ4v) is 5.58. The molecule has 196 valence electrons. The lowest BCUT2D eigenvalue weighted by Gasteiger charge is -2.27. The van der Waals surface area contributed by atoms with Gasteiger partial charge in [0.05, 0.1) is 21.6 Å². The van der Waals surface area contributed by atoms with E-state index in [1.807, 2.05) is 13.0 Å². The lowest BCUT2D eigenvalue weighted by Crippen LogP contribution is -2.44. The Bertz CT molecular complexity index is 1250. The second kappa shape index (κ2) is 12.6. The van der Waals surface area contributed by atoms with Crippen molar-refractivity contribution in [3.05, 3.63) is 60.9 Å². The molecule has 2 aromatic carbocycles. The van der Waals surface area contributed by atoms with Gasteiger partial charge in [-0.2, -0.15) is 0 Å². The SMILES string of the molecule is CCOc1cc(/C=C2\SC(=O)N(CC(=O)N3CCCCC3)C2=O)c(Br)cc1OCc1ccc(Cl)c(Cl)c1. The Morgan fingerprint density at radius 2 is 1.78 bits per heavy atom. The van der Waals surface area contributed by atoms with Gasteiger partial charge in [0.2, 0.25) is 5.91 Å². The number of imide groups is 1. The van der Waals surface area contributed by atoms with Crippen molar-refractivity contribution in [3.63, 3.8) is 0 Å². The van der Waals surface area contributed by atoms with E-state index in [4.69, 9.17) is 32.7 Å². The fourth-order valence-electron chi connectivity index (χ4n) is 3.99. The van der Waals surface area contributed by atoms with E-state index in [0.717, 1.165) is 41.5 Å². The van der Waals surface area contributed by atoms with Gasteiger partial charge in [0.25, 0.3) is 11.1 Å². The topological polar surface area (TPSA) is 76.2 Å². The highest BCUT2D eigenvalue weighted by Gasteiger charge is 2.37. The third-order valence-electron chi connectivity index (χ3n) is 5.90. The van der Waals surface area contributed by atoms with Gasteiger partial charge in [0.15, 0.2) is 11.5 Å². The first-order valence-electron chi connectivity index (χ1n) is 11.8. The quantitative estimate of drug-likeness (QED) is 0.300. The number of amides is 3. The Morgan fingerprint density at radius 3 is 2.49 bits per heavy atom. The maximum atomic E-state index is 13.0. The third-order valence-corrected chi connectivity index (χ3v) is 8.24. The Morgan fingerprint density at radius 1 is 1.05 bits per heavy atom. The highest BCUT2D eigenvalue weighted by molar-refractivity contribution is 9.10. The summed E-state index contributed by atoms with van der Waals surface area (Å²) in [4.78, 5) is 41.1. The first-order chi connectivity index (χ1) is 17.8. The van der Waals surface area contributed by atoms with Crippen molar-refractivity contribution in [2.45, 2.75) is 32.8 Å². The lowest BCUT2D eigenvalue weighted by molar-refractivity contribution is -0.136. The van der Waals surface area contributed by atoms with Gasteiger partial charge in [-0.25, -0.2) is 0 Å². The summed E-state index contributed by atoms with van der Waals surface area (Å²) < 4.78 is 12.4. The molecule has 0 unspecified atom stereocenters.